The summed E-state index contributed by atoms with van der Waals surface area (Å²) >= 11 is 0. The molecule has 0 radical (unpaired) electrons. The number of likely N-dealkylation sites (tertiary alicyclic amines) is 1. The number of aromatic nitrogens is 2. The van der Waals surface area contributed by atoms with E-state index >= 15 is 0 Å². The Bertz CT molecular complexity index is 496. The van der Waals surface area contributed by atoms with Gasteiger partial charge in [0, 0.05) is 65.4 Å². The number of ether oxygens (including phenoxy) is 1. The highest BCUT2D eigenvalue weighted by molar-refractivity contribution is 4.89. The number of piperidine rings is 1. The maximum absolute atomic E-state index is 9.04. The van der Waals surface area contributed by atoms with Crippen molar-refractivity contribution in [2.75, 3.05) is 66.1 Å². The summed E-state index contributed by atoms with van der Waals surface area (Å²) in [5.74, 6) is 1.44. The number of nitrogens with zero attached hydrogens (tertiary/aromatic N) is 5. The molecule has 8 nitrogen and oxygen atoms in total. The smallest absolute Gasteiger partial charge is 0.240 e. The largest absolute Gasteiger partial charge is 0.395 e. The first-order valence-electron chi connectivity index (χ1n) is 9.38. The van der Waals surface area contributed by atoms with E-state index < -0.39 is 0 Å². The second-order valence-corrected chi connectivity index (χ2v) is 6.96. The van der Waals surface area contributed by atoms with E-state index in [-0.39, 0.29) is 6.61 Å². The Morgan fingerprint density at radius 3 is 2.56 bits per heavy atom. The van der Waals surface area contributed by atoms with Crippen molar-refractivity contribution in [3.63, 3.8) is 0 Å². The summed E-state index contributed by atoms with van der Waals surface area (Å²) in [7, 11) is 1.68. The third-order valence-corrected chi connectivity index (χ3v) is 5.30. The summed E-state index contributed by atoms with van der Waals surface area (Å²) in [4.78, 5) is 11.8. The molecule has 142 valence electrons. The van der Waals surface area contributed by atoms with Crippen molar-refractivity contribution in [3.8, 4) is 0 Å². The quantitative estimate of drug-likeness (QED) is 0.690. The molecule has 0 bridgehead atoms. The summed E-state index contributed by atoms with van der Waals surface area (Å²) in [5.41, 5.74) is 0. The number of hydrogen-bond acceptors (Lipinski definition) is 8. The molecule has 8 heteroatoms. The maximum Gasteiger partial charge on any atom is 0.240 e. The third kappa shape index (κ3) is 5.46. The Hall–Kier alpha value is -1.06. The Kier molecular flexibility index (Phi) is 7.18. The van der Waals surface area contributed by atoms with Gasteiger partial charge in [-0.25, -0.2) is 0 Å². The second-order valence-electron chi connectivity index (χ2n) is 6.96. The molecule has 0 saturated carbocycles. The van der Waals surface area contributed by atoms with Crippen molar-refractivity contribution in [2.45, 2.75) is 31.8 Å². The first-order valence-corrected chi connectivity index (χ1v) is 9.38. The molecule has 0 spiro atoms. The Balaban J connectivity index is 1.38. The van der Waals surface area contributed by atoms with E-state index in [1.54, 1.807) is 7.11 Å². The van der Waals surface area contributed by atoms with E-state index in [0.717, 1.165) is 58.2 Å². The highest BCUT2D eigenvalue weighted by atomic mass is 16.5. The third-order valence-electron chi connectivity index (χ3n) is 5.30. The minimum atomic E-state index is 0.265. The van der Waals surface area contributed by atoms with Gasteiger partial charge in [-0.2, -0.15) is 4.98 Å². The van der Waals surface area contributed by atoms with Gasteiger partial charge in [0.2, 0.25) is 5.89 Å². The van der Waals surface area contributed by atoms with Gasteiger partial charge in [-0.3, -0.25) is 14.7 Å². The molecule has 2 fully saturated rings. The van der Waals surface area contributed by atoms with Gasteiger partial charge < -0.3 is 14.4 Å². The molecule has 1 aromatic rings. The molecule has 0 atom stereocenters. The molecule has 0 amide bonds. The fourth-order valence-electron chi connectivity index (χ4n) is 3.78. The van der Waals surface area contributed by atoms with Gasteiger partial charge in [-0.05, 0) is 12.8 Å². The topological polar surface area (TPSA) is 78.1 Å². The van der Waals surface area contributed by atoms with Crippen LogP contribution < -0.4 is 0 Å². The minimum Gasteiger partial charge on any atom is -0.395 e. The monoisotopic (exact) mass is 353 g/mol. The van der Waals surface area contributed by atoms with Crippen LogP contribution in [0.25, 0.3) is 0 Å². The molecular weight excluding hydrogens is 322 g/mol. The van der Waals surface area contributed by atoms with Gasteiger partial charge in [0.15, 0.2) is 5.82 Å². The molecule has 2 saturated heterocycles. The van der Waals surface area contributed by atoms with E-state index in [2.05, 4.69) is 24.8 Å². The van der Waals surface area contributed by atoms with Crippen LogP contribution in [-0.4, -0.2) is 102 Å². The van der Waals surface area contributed by atoms with Crippen molar-refractivity contribution in [1.82, 2.24) is 24.8 Å². The lowest BCUT2D eigenvalue weighted by molar-refractivity contribution is 0.0495. The molecule has 1 N–H and O–H groups in total. The zero-order valence-corrected chi connectivity index (χ0v) is 15.3. The summed E-state index contributed by atoms with van der Waals surface area (Å²) < 4.78 is 10.4. The van der Waals surface area contributed by atoms with Gasteiger partial charge in [0.05, 0.1) is 19.8 Å². The molecule has 0 aliphatic carbocycles. The van der Waals surface area contributed by atoms with Gasteiger partial charge in [0.25, 0.3) is 0 Å². The predicted molar refractivity (Wildman–Crippen MR) is 93.3 cm³/mol. The lowest BCUT2D eigenvalue weighted by Gasteiger charge is -2.42. The van der Waals surface area contributed by atoms with Crippen molar-refractivity contribution in [1.29, 1.82) is 0 Å². The van der Waals surface area contributed by atoms with E-state index in [0.29, 0.717) is 25.0 Å². The fraction of sp³-hybridized carbons (Fsp3) is 0.882. The number of piperazine rings is 1. The summed E-state index contributed by atoms with van der Waals surface area (Å²) in [5, 5.41) is 13.0. The lowest BCUT2D eigenvalue weighted by atomic mass is 10.0. The number of β-amino-alcohol motifs (C(OH)–C–C–N with tert-alkyl or cyclic N) is 1. The van der Waals surface area contributed by atoms with E-state index in [1.807, 2.05) is 0 Å². The molecule has 0 aromatic carbocycles. The summed E-state index contributed by atoms with van der Waals surface area (Å²) in [6, 6.07) is 0.687. The Morgan fingerprint density at radius 1 is 1.12 bits per heavy atom. The Labute approximate surface area is 149 Å². The van der Waals surface area contributed by atoms with Crippen LogP contribution in [0.1, 0.15) is 24.6 Å². The van der Waals surface area contributed by atoms with Crippen LogP contribution in [0.15, 0.2) is 4.52 Å². The summed E-state index contributed by atoms with van der Waals surface area (Å²) in [6.45, 7) is 9.00. The normalized spacial score (nSPS) is 21.8. The fourth-order valence-corrected chi connectivity index (χ4v) is 3.78. The van der Waals surface area contributed by atoms with Crippen LogP contribution in [0.5, 0.6) is 0 Å². The van der Waals surface area contributed by atoms with E-state index in [9.17, 15) is 0 Å². The molecule has 25 heavy (non-hydrogen) atoms. The molecule has 0 unspecified atom stereocenters. The average Bonchev–Trinajstić information content (AvgIpc) is 3.09. The zero-order valence-electron chi connectivity index (χ0n) is 15.3. The lowest BCUT2D eigenvalue weighted by Crippen LogP contribution is -2.53. The van der Waals surface area contributed by atoms with Crippen molar-refractivity contribution in [2.24, 2.45) is 0 Å². The van der Waals surface area contributed by atoms with Crippen molar-refractivity contribution < 1.29 is 14.4 Å². The minimum absolute atomic E-state index is 0.265. The zero-order chi connectivity index (χ0) is 17.5. The van der Waals surface area contributed by atoms with Gasteiger partial charge in [0.1, 0.15) is 0 Å². The molecule has 3 heterocycles. The highest BCUT2D eigenvalue weighted by Crippen LogP contribution is 2.19. The van der Waals surface area contributed by atoms with E-state index in [1.165, 1.54) is 12.8 Å². The number of rotatable bonds is 8. The predicted octanol–water partition coefficient (Wildman–Crippen LogP) is -0.167. The van der Waals surface area contributed by atoms with Crippen LogP contribution in [0.4, 0.5) is 0 Å². The van der Waals surface area contributed by atoms with E-state index in [4.69, 9.17) is 14.4 Å². The summed E-state index contributed by atoms with van der Waals surface area (Å²) in [6.07, 6.45) is 3.10. The number of methoxy groups -OCH3 is 1. The van der Waals surface area contributed by atoms with Crippen molar-refractivity contribution in [3.05, 3.63) is 11.7 Å². The number of aliphatic hydroxyl groups is 1. The second kappa shape index (κ2) is 9.59. The Morgan fingerprint density at radius 2 is 1.88 bits per heavy atom. The number of aliphatic hydroxyl groups excluding tert-OH is 1. The van der Waals surface area contributed by atoms with Crippen molar-refractivity contribution >= 4 is 0 Å². The first-order chi connectivity index (χ1) is 12.3. The molecule has 1 aromatic heterocycles. The molecule has 3 rings (SSSR count). The number of hydrogen-bond donors (Lipinski definition) is 1. The van der Waals surface area contributed by atoms with Crippen LogP contribution in [0.3, 0.4) is 0 Å². The van der Waals surface area contributed by atoms with Gasteiger partial charge in [-0.15, -0.1) is 0 Å². The van der Waals surface area contributed by atoms with Gasteiger partial charge in [-0.1, -0.05) is 5.16 Å². The van der Waals surface area contributed by atoms with Crippen LogP contribution >= 0.6 is 0 Å². The van der Waals surface area contributed by atoms with Crippen LogP contribution in [0.2, 0.25) is 0 Å². The maximum atomic E-state index is 9.04. The SMILES string of the molecule is COCCc1noc(CN2CCC(N3CCN(CCO)CC3)CC2)n1. The highest BCUT2D eigenvalue weighted by Gasteiger charge is 2.27. The average molecular weight is 353 g/mol. The van der Waals surface area contributed by atoms with Crippen LogP contribution in [-0.2, 0) is 17.7 Å². The standard InChI is InChI=1S/C17H31N5O3/c1-24-13-4-16-18-17(25-19-16)14-21-5-2-15(3-6-21)22-9-7-20(8-10-22)11-12-23/h15,23H,2-14H2,1H3. The van der Waals surface area contributed by atoms with Gasteiger partial charge >= 0.3 is 0 Å². The van der Waals surface area contributed by atoms with Crippen LogP contribution in [0, 0.1) is 0 Å². The molecule has 2 aliphatic heterocycles. The first kappa shape index (κ1) is 18.7. The molecule has 2 aliphatic rings. The molecular formula is C17H31N5O3.